The van der Waals surface area contributed by atoms with Gasteiger partial charge in [0.05, 0.1) is 5.69 Å². The van der Waals surface area contributed by atoms with Gasteiger partial charge in [-0.25, -0.2) is 12.7 Å². The third kappa shape index (κ3) is 3.30. The van der Waals surface area contributed by atoms with Gasteiger partial charge in [0.25, 0.3) is 0 Å². The molecule has 0 fully saturated rings. The maximum Gasteiger partial charge on any atom is 0.247 e. The van der Waals surface area contributed by atoms with Crippen LogP contribution in [0.4, 0.5) is 0 Å². The molecule has 2 aromatic rings. The standard InChI is InChI=1S/C14H19N3O2S2/c1-11-13(21(18,19)16(2)3)14(17(4)15-11)20-10-12-8-6-5-7-9-12/h5-9H,10H2,1-4H3. The zero-order chi connectivity index (χ0) is 15.6. The molecule has 0 unspecified atom stereocenters. The first-order valence-electron chi connectivity index (χ1n) is 6.47. The van der Waals surface area contributed by atoms with E-state index in [0.29, 0.717) is 21.4 Å². The second-order valence-corrected chi connectivity index (χ2v) is 7.96. The summed E-state index contributed by atoms with van der Waals surface area (Å²) in [5.74, 6) is 0.704. The summed E-state index contributed by atoms with van der Waals surface area (Å²) in [6.45, 7) is 1.73. The lowest BCUT2D eigenvalue weighted by Crippen LogP contribution is -2.23. The van der Waals surface area contributed by atoms with Crippen molar-refractivity contribution in [1.29, 1.82) is 0 Å². The minimum Gasteiger partial charge on any atom is -0.260 e. The molecule has 0 atom stereocenters. The summed E-state index contributed by atoms with van der Waals surface area (Å²) >= 11 is 1.49. The maximum atomic E-state index is 12.5. The molecule has 0 N–H and O–H groups in total. The van der Waals surface area contributed by atoms with Gasteiger partial charge in [-0.05, 0) is 12.5 Å². The molecule has 0 saturated carbocycles. The molecule has 0 bridgehead atoms. The molecule has 0 amide bonds. The fourth-order valence-corrected chi connectivity index (χ4v) is 4.61. The molecule has 0 aliphatic heterocycles. The van der Waals surface area contributed by atoms with Crippen LogP contribution < -0.4 is 0 Å². The van der Waals surface area contributed by atoms with Crippen LogP contribution in [0.25, 0.3) is 0 Å². The summed E-state index contributed by atoms with van der Waals surface area (Å²) in [7, 11) is 1.35. The number of aromatic nitrogens is 2. The Bertz CT molecular complexity index is 722. The van der Waals surface area contributed by atoms with Crippen LogP contribution >= 0.6 is 11.8 Å². The number of hydrogen-bond donors (Lipinski definition) is 0. The molecule has 0 aliphatic carbocycles. The molecule has 1 heterocycles. The highest BCUT2D eigenvalue weighted by molar-refractivity contribution is 7.99. The first kappa shape index (κ1) is 16.1. The van der Waals surface area contributed by atoms with E-state index in [-0.39, 0.29) is 0 Å². The van der Waals surface area contributed by atoms with E-state index < -0.39 is 10.0 Å². The summed E-state index contributed by atoms with van der Waals surface area (Å²) in [5, 5.41) is 4.93. The highest BCUT2D eigenvalue weighted by atomic mass is 32.2. The molecule has 21 heavy (non-hydrogen) atoms. The smallest absolute Gasteiger partial charge is 0.247 e. The van der Waals surface area contributed by atoms with Crippen LogP contribution in [0, 0.1) is 6.92 Å². The van der Waals surface area contributed by atoms with Gasteiger partial charge in [0, 0.05) is 26.9 Å². The maximum absolute atomic E-state index is 12.5. The highest BCUT2D eigenvalue weighted by Crippen LogP contribution is 2.32. The summed E-state index contributed by atoms with van der Waals surface area (Å²) in [6, 6.07) is 9.96. The van der Waals surface area contributed by atoms with E-state index in [4.69, 9.17) is 0 Å². The van der Waals surface area contributed by atoms with Crippen molar-refractivity contribution in [3.63, 3.8) is 0 Å². The van der Waals surface area contributed by atoms with Gasteiger partial charge >= 0.3 is 0 Å². The van der Waals surface area contributed by atoms with E-state index in [1.807, 2.05) is 30.3 Å². The van der Waals surface area contributed by atoms with Crippen molar-refractivity contribution < 1.29 is 8.42 Å². The second kappa shape index (κ2) is 6.21. The van der Waals surface area contributed by atoms with Crippen molar-refractivity contribution >= 4 is 21.8 Å². The SMILES string of the molecule is Cc1nn(C)c(SCc2ccccc2)c1S(=O)(=O)N(C)C. The average molecular weight is 325 g/mol. The Kier molecular flexibility index (Phi) is 4.75. The van der Waals surface area contributed by atoms with Gasteiger partial charge in [-0.15, -0.1) is 11.8 Å². The Morgan fingerprint density at radius 1 is 1.24 bits per heavy atom. The lowest BCUT2D eigenvalue weighted by atomic mass is 10.2. The van der Waals surface area contributed by atoms with Crippen LogP contribution in [0.5, 0.6) is 0 Å². The minimum absolute atomic E-state index is 0.302. The van der Waals surface area contributed by atoms with Crippen molar-refractivity contribution in [2.45, 2.75) is 22.6 Å². The summed E-state index contributed by atoms with van der Waals surface area (Å²) < 4.78 is 27.8. The van der Waals surface area contributed by atoms with E-state index in [9.17, 15) is 8.42 Å². The minimum atomic E-state index is -3.49. The zero-order valence-electron chi connectivity index (χ0n) is 12.6. The van der Waals surface area contributed by atoms with E-state index in [1.165, 1.54) is 30.2 Å². The van der Waals surface area contributed by atoms with Crippen LogP contribution in [0.15, 0.2) is 40.3 Å². The van der Waals surface area contributed by atoms with Crippen molar-refractivity contribution in [3.05, 3.63) is 41.6 Å². The molecule has 0 spiro atoms. The molecule has 1 aromatic heterocycles. The molecule has 0 radical (unpaired) electrons. The topological polar surface area (TPSA) is 55.2 Å². The van der Waals surface area contributed by atoms with Crippen LogP contribution in [0.2, 0.25) is 0 Å². The quantitative estimate of drug-likeness (QED) is 0.791. The molecule has 7 heteroatoms. The Hall–Kier alpha value is -1.31. The molecular weight excluding hydrogens is 306 g/mol. The van der Waals surface area contributed by atoms with Crippen molar-refractivity contribution in [1.82, 2.24) is 14.1 Å². The predicted octanol–water partition coefficient (Wildman–Crippen LogP) is 2.27. The van der Waals surface area contributed by atoms with Crippen molar-refractivity contribution in [3.8, 4) is 0 Å². The number of nitrogens with zero attached hydrogens (tertiary/aromatic N) is 3. The fraction of sp³-hybridized carbons (Fsp3) is 0.357. The van der Waals surface area contributed by atoms with Crippen LogP contribution in [0.1, 0.15) is 11.3 Å². The molecule has 114 valence electrons. The highest BCUT2D eigenvalue weighted by Gasteiger charge is 2.28. The van der Waals surface area contributed by atoms with Gasteiger partial charge in [0.15, 0.2) is 0 Å². The number of rotatable bonds is 5. The molecule has 5 nitrogen and oxygen atoms in total. The van der Waals surface area contributed by atoms with E-state index in [2.05, 4.69) is 5.10 Å². The van der Waals surface area contributed by atoms with Gasteiger partial charge in [-0.3, -0.25) is 4.68 Å². The van der Waals surface area contributed by atoms with Gasteiger partial charge in [-0.1, -0.05) is 30.3 Å². The van der Waals surface area contributed by atoms with E-state index in [1.54, 1.807) is 18.7 Å². The van der Waals surface area contributed by atoms with Crippen molar-refractivity contribution in [2.75, 3.05) is 14.1 Å². The number of sulfonamides is 1. The van der Waals surface area contributed by atoms with Crippen LogP contribution in [0.3, 0.4) is 0 Å². The normalized spacial score (nSPS) is 12.0. The fourth-order valence-electron chi connectivity index (χ4n) is 1.98. The molecule has 0 aliphatic rings. The van der Waals surface area contributed by atoms with Gasteiger partial charge in [0.2, 0.25) is 10.0 Å². The monoisotopic (exact) mass is 325 g/mol. The van der Waals surface area contributed by atoms with E-state index >= 15 is 0 Å². The third-order valence-corrected chi connectivity index (χ3v) is 6.39. The predicted molar refractivity (Wildman–Crippen MR) is 84.8 cm³/mol. The Labute approximate surface area is 130 Å². The summed E-state index contributed by atoms with van der Waals surface area (Å²) in [5.41, 5.74) is 1.68. The first-order valence-corrected chi connectivity index (χ1v) is 8.89. The summed E-state index contributed by atoms with van der Waals surface area (Å²) in [4.78, 5) is 0.302. The number of benzene rings is 1. The van der Waals surface area contributed by atoms with Gasteiger partial charge in [-0.2, -0.15) is 5.10 Å². The van der Waals surface area contributed by atoms with Crippen molar-refractivity contribution in [2.24, 2.45) is 7.05 Å². The lowest BCUT2D eigenvalue weighted by molar-refractivity contribution is 0.517. The molecular formula is C14H19N3O2S2. The zero-order valence-corrected chi connectivity index (χ0v) is 14.2. The third-order valence-electron chi connectivity index (χ3n) is 3.07. The summed E-state index contributed by atoms with van der Waals surface area (Å²) in [6.07, 6.45) is 0. The van der Waals surface area contributed by atoms with Gasteiger partial charge in [0.1, 0.15) is 9.92 Å². The average Bonchev–Trinajstić information content (AvgIpc) is 2.72. The first-order chi connectivity index (χ1) is 9.84. The lowest BCUT2D eigenvalue weighted by Gasteiger charge is -2.12. The van der Waals surface area contributed by atoms with E-state index in [0.717, 1.165) is 5.56 Å². The van der Waals surface area contributed by atoms with Gasteiger partial charge < -0.3 is 0 Å². The largest absolute Gasteiger partial charge is 0.260 e. The second-order valence-electron chi connectivity index (χ2n) is 4.90. The molecule has 1 aromatic carbocycles. The number of aryl methyl sites for hydroxylation is 2. The van der Waals surface area contributed by atoms with Crippen LogP contribution in [-0.2, 0) is 22.8 Å². The Balaban J connectivity index is 2.36. The Morgan fingerprint density at radius 2 is 1.86 bits per heavy atom. The van der Waals surface area contributed by atoms with Crippen LogP contribution in [-0.4, -0.2) is 36.6 Å². The number of thioether (sulfide) groups is 1. The molecule has 2 rings (SSSR count). The number of hydrogen-bond acceptors (Lipinski definition) is 4. The Morgan fingerprint density at radius 3 is 2.43 bits per heavy atom. The molecule has 0 saturated heterocycles.